The SMILES string of the molecule is CN(C)C1CC(CCCc2ccc(C#N)cc2)C(O)C2C(=O)C3C(O)[C@]4(O)C(O)=C(C(N)=O)C(=O)C[C@@H]4C[C@@H]3CC21. The molecule has 0 saturated heterocycles. The zero-order valence-corrected chi connectivity index (χ0v) is 23.4. The number of ketones is 2. The molecular formula is C31H39N3O7. The van der Waals surface area contributed by atoms with Crippen LogP contribution >= 0.6 is 0 Å². The first-order chi connectivity index (χ1) is 19.4. The normalized spacial score (nSPS) is 38.6. The van der Waals surface area contributed by atoms with Gasteiger partial charge in [0.15, 0.2) is 11.4 Å². The van der Waals surface area contributed by atoms with Crippen molar-refractivity contribution >= 4 is 17.5 Å². The van der Waals surface area contributed by atoms with Crippen molar-refractivity contribution in [2.45, 2.75) is 68.8 Å². The average molecular weight is 566 g/mol. The van der Waals surface area contributed by atoms with E-state index in [1.54, 1.807) is 12.1 Å². The van der Waals surface area contributed by atoms with Crippen LogP contribution in [0.2, 0.25) is 0 Å². The molecule has 4 aliphatic carbocycles. The van der Waals surface area contributed by atoms with Gasteiger partial charge in [0, 0.05) is 24.3 Å². The monoisotopic (exact) mass is 565 g/mol. The number of primary amides is 1. The number of rotatable bonds is 6. The lowest BCUT2D eigenvalue weighted by Gasteiger charge is -2.58. The molecule has 10 nitrogen and oxygen atoms in total. The molecule has 220 valence electrons. The van der Waals surface area contributed by atoms with Crippen LogP contribution in [0.1, 0.15) is 49.7 Å². The minimum Gasteiger partial charge on any atom is -0.508 e. The van der Waals surface area contributed by atoms with Crippen molar-refractivity contribution in [3.05, 3.63) is 46.7 Å². The topological polar surface area (TPSA) is 185 Å². The number of carbonyl (C=O) groups excluding carboxylic acids is 3. The summed E-state index contributed by atoms with van der Waals surface area (Å²) in [6.45, 7) is 0. The first-order valence-corrected chi connectivity index (χ1v) is 14.4. The number of aliphatic hydroxyl groups is 4. The molecule has 0 bridgehead atoms. The van der Waals surface area contributed by atoms with Gasteiger partial charge in [0.05, 0.1) is 23.7 Å². The first-order valence-electron chi connectivity index (χ1n) is 14.4. The van der Waals surface area contributed by atoms with Gasteiger partial charge in [-0.15, -0.1) is 0 Å². The molecule has 41 heavy (non-hydrogen) atoms. The van der Waals surface area contributed by atoms with Crippen molar-refractivity contribution in [3.8, 4) is 6.07 Å². The van der Waals surface area contributed by atoms with Gasteiger partial charge in [-0.05, 0) is 88.1 Å². The van der Waals surface area contributed by atoms with Crippen LogP contribution in [0.4, 0.5) is 0 Å². The Bertz CT molecular complexity index is 1300. The number of nitriles is 1. The lowest BCUT2D eigenvalue weighted by atomic mass is 9.49. The minimum absolute atomic E-state index is 0.0221. The summed E-state index contributed by atoms with van der Waals surface area (Å²) in [5.74, 6) is -6.50. The van der Waals surface area contributed by atoms with Crippen molar-refractivity contribution in [3.63, 3.8) is 0 Å². The highest BCUT2D eigenvalue weighted by atomic mass is 16.4. The van der Waals surface area contributed by atoms with E-state index in [0.29, 0.717) is 24.8 Å². The Labute approximate surface area is 239 Å². The van der Waals surface area contributed by atoms with Gasteiger partial charge >= 0.3 is 0 Å². The van der Waals surface area contributed by atoms with E-state index < -0.39 is 58.6 Å². The molecule has 0 radical (unpaired) electrons. The van der Waals surface area contributed by atoms with E-state index in [4.69, 9.17) is 11.0 Å². The predicted molar refractivity (Wildman–Crippen MR) is 147 cm³/mol. The number of hydrogen-bond donors (Lipinski definition) is 5. The summed E-state index contributed by atoms with van der Waals surface area (Å²) in [6, 6.07) is 9.55. The molecule has 10 heteroatoms. The van der Waals surface area contributed by atoms with Gasteiger partial charge in [0.1, 0.15) is 23.2 Å². The lowest BCUT2D eigenvalue weighted by Crippen LogP contribution is -2.68. The fourth-order valence-electron chi connectivity index (χ4n) is 8.44. The van der Waals surface area contributed by atoms with Crippen LogP contribution in [-0.4, -0.2) is 80.7 Å². The van der Waals surface area contributed by atoms with Crippen molar-refractivity contribution < 1.29 is 34.8 Å². The first kappa shape index (κ1) is 29.4. The number of Topliss-reactive ketones (excluding diaryl/α,β-unsaturated/α-hetero) is 2. The number of nitrogens with two attached hydrogens (primary N) is 1. The Morgan fingerprint density at radius 3 is 2.41 bits per heavy atom. The number of amides is 1. The fraction of sp³-hybridized carbons (Fsp3) is 0.613. The number of benzene rings is 1. The maximum atomic E-state index is 14.2. The van der Waals surface area contributed by atoms with Crippen LogP contribution in [-0.2, 0) is 20.8 Å². The summed E-state index contributed by atoms with van der Waals surface area (Å²) in [5, 5.41) is 54.5. The number of hydrogen-bond acceptors (Lipinski definition) is 9. The number of aliphatic hydroxyl groups excluding tert-OH is 3. The Morgan fingerprint density at radius 2 is 1.80 bits per heavy atom. The number of carbonyl (C=O) groups is 3. The molecule has 1 aromatic carbocycles. The molecule has 5 rings (SSSR count). The highest BCUT2D eigenvalue weighted by Crippen LogP contribution is 2.56. The van der Waals surface area contributed by atoms with Gasteiger partial charge in [-0.1, -0.05) is 12.1 Å². The quantitative estimate of drug-likeness (QED) is 0.314. The van der Waals surface area contributed by atoms with Crippen LogP contribution in [0.5, 0.6) is 0 Å². The summed E-state index contributed by atoms with van der Waals surface area (Å²) < 4.78 is 0. The van der Waals surface area contributed by atoms with Gasteiger partial charge < -0.3 is 31.1 Å². The van der Waals surface area contributed by atoms with Crippen molar-refractivity contribution in [1.82, 2.24) is 4.90 Å². The van der Waals surface area contributed by atoms with Crippen molar-refractivity contribution in [2.75, 3.05) is 14.1 Å². The maximum Gasteiger partial charge on any atom is 0.255 e. The molecule has 7 unspecified atom stereocenters. The fourth-order valence-corrected chi connectivity index (χ4v) is 8.44. The van der Waals surface area contributed by atoms with Crippen LogP contribution < -0.4 is 5.73 Å². The summed E-state index contributed by atoms with van der Waals surface area (Å²) in [4.78, 5) is 40.7. The minimum atomic E-state index is -2.34. The van der Waals surface area contributed by atoms with E-state index in [1.807, 2.05) is 26.2 Å². The molecule has 0 aliphatic heterocycles. The van der Waals surface area contributed by atoms with Crippen molar-refractivity contribution in [1.29, 1.82) is 5.26 Å². The molecule has 0 aromatic heterocycles. The Morgan fingerprint density at radius 1 is 1.12 bits per heavy atom. The molecular weight excluding hydrogens is 526 g/mol. The van der Waals surface area contributed by atoms with E-state index in [2.05, 4.69) is 11.0 Å². The zero-order valence-electron chi connectivity index (χ0n) is 23.4. The molecule has 6 N–H and O–H groups in total. The summed E-state index contributed by atoms with van der Waals surface area (Å²) in [5.41, 5.74) is 3.92. The Hall–Kier alpha value is -3.10. The zero-order chi connectivity index (χ0) is 29.8. The average Bonchev–Trinajstić information content (AvgIpc) is 2.91. The van der Waals surface area contributed by atoms with E-state index in [9.17, 15) is 34.8 Å². The highest BCUT2D eigenvalue weighted by molar-refractivity contribution is 6.20. The van der Waals surface area contributed by atoms with Gasteiger partial charge in [-0.3, -0.25) is 14.4 Å². The van der Waals surface area contributed by atoms with Gasteiger partial charge in [-0.25, -0.2) is 0 Å². The van der Waals surface area contributed by atoms with Gasteiger partial charge in [0.2, 0.25) is 0 Å². The van der Waals surface area contributed by atoms with Crippen LogP contribution in [0.25, 0.3) is 0 Å². The molecule has 1 amide bonds. The lowest BCUT2D eigenvalue weighted by molar-refractivity contribution is -0.201. The summed E-state index contributed by atoms with van der Waals surface area (Å²) in [7, 11) is 3.93. The molecule has 4 aliphatic rings. The summed E-state index contributed by atoms with van der Waals surface area (Å²) in [6.07, 6.45) is 0.788. The van der Waals surface area contributed by atoms with Crippen LogP contribution in [0, 0.1) is 46.8 Å². The van der Waals surface area contributed by atoms with Gasteiger partial charge in [0.25, 0.3) is 5.91 Å². The third-order valence-electron chi connectivity index (χ3n) is 10.5. The molecule has 10 atom stereocenters. The predicted octanol–water partition coefficient (Wildman–Crippen LogP) is 1.01. The highest BCUT2D eigenvalue weighted by Gasteiger charge is 2.65. The number of nitrogens with zero attached hydrogens (tertiary/aromatic N) is 2. The van der Waals surface area contributed by atoms with Crippen LogP contribution in [0.3, 0.4) is 0 Å². The Kier molecular flexibility index (Phi) is 7.85. The second-order valence-corrected chi connectivity index (χ2v) is 12.7. The Balaban J connectivity index is 1.39. The molecule has 1 aromatic rings. The number of aryl methyl sites for hydroxylation is 1. The maximum absolute atomic E-state index is 14.2. The van der Waals surface area contributed by atoms with E-state index in [1.165, 1.54) is 0 Å². The molecule has 3 fully saturated rings. The standard InChI is InChI=1S/C31H39N3O7/c1-34(2)21-12-17(5-3-4-15-6-8-16(14-32)9-7-15)26(36)24-20(21)11-18-10-19-13-22(35)25(30(33)40)29(39)31(19,41)28(38)23(18)27(24)37/h6-9,17-21,23-24,26,28,36,38-39,41H,3-5,10-13H2,1-2H3,(H2,33,40)/t17?,18-,19+,20?,21?,23?,24?,26?,28?,31+/m1/s1. The molecule has 0 spiro atoms. The van der Waals surface area contributed by atoms with E-state index in [-0.39, 0.29) is 42.4 Å². The van der Waals surface area contributed by atoms with Gasteiger partial charge in [-0.2, -0.15) is 5.26 Å². The smallest absolute Gasteiger partial charge is 0.255 e. The number of fused-ring (bicyclic) bond motifs is 3. The van der Waals surface area contributed by atoms with Crippen molar-refractivity contribution in [2.24, 2.45) is 41.2 Å². The third kappa shape index (κ3) is 4.79. The second-order valence-electron chi connectivity index (χ2n) is 12.7. The third-order valence-corrected chi connectivity index (χ3v) is 10.5. The van der Waals surface area contributed by atoms with Crippen LogP contribution in [0.15, 0.2) is 35.6 Å². The second kappa shape index (κ2) is 11.0. The van der Waals surface area contributed by atoms with E-state index >= 15 is 0 Å². The molecule has 0 heterocycles. The molecule has 3 saturated carbocycles. The largest absolute Gasteiger partial charge is 0.508 e. The summed E-state index contributed by atoms with van der Waals surface area (Å²) >= 11 is 0. The van der Waals surface area contributed by atoms with E-state index in [0.717, 1.165) is 18.4 Å².